The van der Waals surface area contributed by atoms with Gasteiger partial charge < -0.3 is 10.1 Å². The molecule has 3 aromatic carbocycles. The average molecular weight is 597 g/mol. The summed E-state index contributed by atoms with van der Waals surface area (Å²) in [7, 11) is 0. The number of amides is 3. The van der Waals surface area contributed by atoms with Crippen LogP contribution in [0.25, 0.3) is 0 Å². The molecule has 5 rings (SSSR count). The number of hydrazine groups is 1. The summed E-state index contributed by atoms with van der Waals surface area (Å²) >= 11 is 1.24. The van der Waals surface area contributed by atoms with Gasteiger partial charge in [0.1, 0.15) is 18.3 Å². The number of alkyl halides is 3. The van der Waals surface area contributed by atoms with Gasteiger partial charge in [-0.2, -0.15) is 10.4 Å². The number of hydrogen-bond donors (Lipinski definition) is 2. The van der Waals surface area contributed by atoms with Gasteiger partial charge in [-0.1, -0.05) is 61.2 Å². The molecule has 3 amide bonds. The predicted molar refractivity (Wildman–Crippen MR) is 157 cm³/mol. The van der Waals surface area contributed by atoms with Crippen molar-refractivity contribution in [1.82, 2.24) is 10.7 Å². The van der Waals surface area contributed by atoms with E-state index in [0.717, 1.165) is 28.8 Å². The molecule has 42 heavy (non-hydrogen) atoms. The molecule has 218 valence electrons. The Kier molecular flexibility index (Phi) is 8.78. The van der Waals surface area contributed by atoms with Crippen LogP contribution in [0.15, 0.2) is 82.8 Å². The number of aliphatic imine (C=N–C) groups is 2. The molecule has 2 aliphatic heterocycles. The molecule has 1 saturated heterocycles. The molecule has 1 atom stereocenters. The molecule has 0 aliphatic carbocycles. The third-order valence-corrected chi connectivity index (χ3v) is 7.40. The lowest BCUT2D eigenvalue weighted by molar-refractivity contribution is -0.274. The molecule has 0 radical (unpaired) electrons. The van der Waals surface area contributed by atoms with Gasteiger partial charge in [-0.3, -0.25) is 14.7 Å². The quantitative estimate of drug-likeness (QED) is 0.352. The summed E-state index contributed by atoms with van der Waals surface area (Å²) in [5.74, 6) is -0.192. The van der Waals surface area contributed by atoms with Gasteiger partial charge in [-0.05, 0) is 59.9 Å². The molecule has 0 bridgehead atoms. The van der Waals surface area contributed by atoms with Crippen LogP contribution in [0, 0.1) is 0 Å². The number of halogens is 3. The summed E-state index contributed by atoms with van der Waals surface area (Å²) in [6.45, 7) is 2.35. The number of nitrogens with zero attached hydrogens (tertiary/aromatic N) is 4. The van der Waals surface area contributed by atoms with Crippen LogP contribution in [0.1, 0.15) is 29.8 Å². The van der Waals surface area contributed by atoms with Crippen LogP contribution in [-0.4, -0.2) is 42.1 Å². The maximum absolute atomic E-state index is 12.6. The molecule has 2 N–H and O–H groups in total. The Morgan fingerprint density at radius 2 is 1.93 bits per heavy atom. The summed E-state index contributed by atoms with van der Waals surface area (Å²) in [5.41, 5.74) is 7.37. The molecule has 2 aliphatic rings. The topological polar surface area (TPSA) is 98.6 Å². The van der Waals surface area contributed by atoms with Crippen LogP contribution in [0.3, 0.4) is 0 Å². The van der Waals surface area contributed by atoms with Crippen LogP contribution in [-0.2, 0) is 17.6 Å². The predicted octanol–water partition coefficient (Wildman–Crippen LogP) is 5.59. The molecule has 0 spiro atoms. The van der Waals surface area contributed by atoms with Gasteiger partial charge >= 0.3 is 12.4 Å². The smallest absolute Gasteiger partial charge is 0.406 e. The van der Waals surface area contributed by atoms with Crippen molar-refractivity contribution in [2.45, 2.75) is 32.3 Å². The van der Waals surface area contributed by atoms with E-state index in [4.69, 9.17) is 0 Å². The normalized spacial score (nSPS) is 17.8. The molecule has 0 saturated carbocycles. The first-order chi connectivity index (χ1) is 20.2. The lowest BCUT2D eigenvalue weighted by atomic mass is 10.1. The summed E-state index contributed by atoms with van der Waals surface area (Å²) in [6.07, 6.45) is -2.30. The van der Waals surface area contributed by atoms with Crippen molar-refractivity contribution in [2.75, 3.05) is 22.2 Å². The Labute approximate surface area is 244 Å². The largest absolute Gasteiger partial charge is 0.573 e. The van der Waals surface area contributed by atoms with Crippen LogP contribution in [0.4, 0.5) is 29.3 Å². The SMILES string of the molecule is CCc1ccccc1N1C(=O)CSC1=NC(=O)NCCc1cccc(C2N=CN(c3ccc(OC(F)(F)F)cc3)N2)c1. The van der Waals surface area contributed by atoms with Crippen LogP contribution in [0.2, 0.25) is 0 Å². The van der Waals surface area contributed by atoms with E-state index in [2.05, 4.69) is 25.5 Å². The van der Waals surface area contributed by atoms with Crippen molar-refractivity contribution in [3.05, 3.63) is 89.5 Å². The van der Waals surface area contributed by atoms with E-state index in [9.17, 15) is 22.8 Å². The highest BCUT2D eigenvalue weighted by Crippen LogP contribution is 2.30. The maximum Gasteiger partial charge on any atom is 0.573 e. The second-order valence-corrected chi connectivity index (χ2v) is 10.3. The van der Waals surface area contributed by atoms with E-state index < -0.39 is 18.6 Å². The number of urea groups is 1. The number of carbonyl (C=O) groups excluding carboxylic acids is 2. The van der Waals surface area contributed by atoms with Gasteiger partial charge in [0.05, 0.1) is 17.1 Å². The fraction of sp³-hybridized carbons (Fsp3) is 0.241. The van der Waals surface area contributed by atoms with Gasteiger partial charge in [-0.15, -0.1) is 13.2 Å². The number of anilines is 2. The minimum absolute atomic E-state index is 0.113. The monoisotopic (exact) mass is 596 g/mol. The van der Waals surface area contributed by atoms with Crippen LogP contribution < -0.4 is 25.4 Å². The van der Waals surface area contributed by atoms with E-state index in [1.165, 1.54) is 40.9 Å². The molecule has 2 heterocycles. The minimum Gasteiger partial charge on any atom is -0.406 e. The molecule has 1 unspecified atom stereocenters. The third-order valence-electron chi connectivity index (χ3n) is 6.47. The van der Waals surface area contributed by atoms with E-state index in [-0.39, 0.29) is 17.4 Å². The van der Waals surface area contributed by atoms with Gasteiger partial charge in [0.15, 0.2) is 5.17 Å². The highest BCUT2D eigenvalue weighted by molar-refractivity contribution is 8.15. The molecule has 9 nitrogen and oxygen atoms in total. The first-order valence-electron chi connectivity index (χ1n) is 13.1. The van der Waals surface area contributed by atoms with Gasteiger partial charge in [0.2, 0.25) is 5.91 Å². The summed E-state index contributed by atoms with van der Waals surface area (Å²) in [6, 6.07) is 20.2. The zero-order valence-electron chi connectivity index (χ0n) is 22.5. The fourth-order valence-electron chi connectivity index (χ4n) is 4.51. The van der Waals surface area contributed by atoms with Crippen molar-refractivity contribution in [1.29, 1.82) is 0 Å². The Morgan fingerprint density at radius 3 is 2.69 bits per heavy atom. The molecule has 13 heteroatoms. The summed E-state index contributed by atoms with van der Waals surface area (Å²) in [5, 5.41) is 4.77. The summed E-state index contributed by atoms with van der Waals surface area (Å²) in [4.78, 5) is 35.3. The van der Waals surface area contributed by atoms with Gasteiger partial charge in [-0.25, -0.2) is 9.79 Å². The number of aryl methyl sites for hydroxylation is 1. The highest BCUT2D eigenvalue weighted by Gasteiger charge is 2.32. The number of hydrogen-bond acceptors (Lipinski definition) is 7. The van der Waals surface area contributed by atoms with Crippen molar-refractivity contribution < 1.29 is 27.5 Å². The number of nitrogens with one attached hydrogen (secondary N) is 2. The zero-order chi connectivity index (χ0) is 29.7. The van der Waals surface area contributed by atoms with Crippen molar-refractivity contribution in [3.8, 4) is 5.75 Å². The number of ether oxygens (including phenoxy) is 1. The van der Waals surface area contributed by atoms with Crippen molar-refractivity contribution >= 4 is 46.6 Å². The van der Waals surface area contributed by atoms with Gasteiger partial charge in [0, 0.05) is 6.54 Å². The van der Waals surface area contributed by atoms with E-state index in [1.54, 1.807) is 11.3 Å². The first-order valence-corrected chi connectivity index (χ1v) is 14.1. The van der Waals surface area contributed by atoms with Crippen LogP contribution in [0.5, 0.6) is 5.75 Å². The molecule has 1 fully saturated rings. The zero-order valence-corrected chi connectivity index (χ0v) is 23.3. The minimum atomic E-state index is -4.75. The number of amidine groups is 1. The Morgan fingerprint density at radius 1 is 1.14 bits per heavy atom. The van der Waals surface area contributed by atoms with Crippen molar-refractivity contribution in [2.24, 2.45) is 9.98 Å². The van der Waals surface area contributed by atoms with E-state index >= 15 is 0 Å². The number of carbonyl (C=O) groups is 2. The van der Waals surface area contributed by atoms with Crippen molar-refractivity contribution in [3.63, 3.8) is 0 Å². The lowest BCUT2D eigenvalue weighted by Crippen LogP contribution is -2.33. The highest BCUT2D eigenvalue weighted by atomic mass is 32.2. The van der Waals surface area contributed by atoms with E-state index in [1.807, 2.05) is 55.5 Å². The molecule has 0 aromatic heterocycles. The standard InChI is InChI=1S/C29H27F3N6O3S/c1-2-20-7-3-4-9-24(20)38-25(39)17-42-28(38)35-27(40)33-15-14-19-6-5-8-21(16-19)26-34-18-37(36-26)22-10-12-23(13-11-22)41-29(30,31)32/h3-13,16,18,26,36H,2,14-15,17H2,1H3,(H,33,40). The number of thioether (sulfide) groups is 1. The fourth-order valence-corrected chi connectivity index (χ4v) is 5.37. The van der Waals surface area contributed by atoms with E-state index in [0.29, 0.717) is 23.8 Å². The average Bonchev–Trinajstić information content (AvgIpc) is 3.60. The second kappa shape index (κ2) is 12.7. The molecular weight excluding hydrogens is 569 g/mol. The first kappa shape index (κ1) is 29.1. The molecule has 3 aromatic rings. The Bertz CT molecular complexity index is 1510. The maximum atomic E-state index is 12.6. The number of rotatable bonds is 8. The Hall–Kier alpha value is -4.36. The number of benzene rings is 3. The second-order valence-electron chi connectivity index (χ2n) is 9.33. The van der Waals surface area contributed by atoms with Gasteiger partial charge in [0.25, 0.3) is 0 Å². The third kappa shape index (κ3) is 7.09. The molecular formula is C29H27F3N6O3S. The summed E-state index contributed by atoms with van der Waals surface area (Å²) < 4.78 is 41.2. The lowest BCUT2D eigenvalue weighted by Gasteiger charge is -2.19. The number of para-hydroxylation sites is 1. The Balaban J connectivity index is 1.15. The van der Waals surface area contributed by atoms with Crippen LogP contribution >= 0.6 is 11.8 Å².